The monoisotopic (exact) mass is 209 g/mol. The first-order valence-electron chi connectivity index (χ1n) is 4.44. The first kappa shape index (κ1) is 11.2. The van der Waals surface area contributed by atoms with E-state index in [0.717, 1.165) is 0 Å². The molecule has 1 heterocycles. The van der Waals surface area contributed by atoms with Gasteiger partial charge in [-0.05, 0) is 19.9 Å². The third kappa shape index (κ3) is 2.31. The van der Waals surface area contributed by atoms with Gasteiger partial charge in [-0.25, -0.2) is 9.59 Å². The summed E-state index contributed by atoms with van der Waals surface area (Å²) < 4.78 is 4.74. The molecule has 0 atom stereocenters. The summed E-state index contributed by atoms with van der Waals surface area (Å²) in [5.41, 5.74) is 0.237. The highest BCUT2D eigenvalue weighted by Gasteiger charge is 2.19. The van der Waals surface area contributed by atoms with Crippen molar-refractivity contribution in [3.8, 4) is 0 Å². The van der Waals surface area contributed by atoms with Crippen molar-refractivity contribution >= 4 is 11.9 Å². The van der Waals surface area contributed by atoms with E-state index in [1.54, 1.807) is 6.92 Å². The standard InChI is InChI=1S/C10H11NO4/c1-3-15-10(14)7-4-5-11-6(2)8(7)9(12)13/h4-5H,3H2,1-2H3,(H,12,13). The Balaban J connectivity index is 3.23. The van der Waals surface area contributed by atoms with Gasteiger partial charge in [0, 0.05) is 6.20 Å². The highest BCUT2D eigenvalue weighted by molar-refractivity contribution is 6.03. The molecule has 1 N–H and O–H groups in total. The smallest absolute Gasteiger partial charge is 0.339 e. The van der Waals surface area contributed by atoms with Gasteiger partial charge in [0.1, 0.15) is 0 Å². The van der Waals surface area contributed by atoms with Crippen molar-refractivity contribution in [1.29, 1.82) is 0 Å². The first-order valence-corrected chi connectivity index (χ1v) is 4.44. The minimum Gasteiger partial charge on any atom is -0.478 e. The van der Waals surface area contributed by atoms with Crippen LogP contribution in [0, 0.1) is 6.92 Å². The number of carbonyl (C=O) groups excluding carboxylic acids is 1. The van der Waals surface area contributed by atoms with Crippen molar-refractivity contribution in [3.05, 3.63) is 29.1 Å². The summed E-state index contributed by atoms with van der Waals surface area (Å²) in [5, 5.41) is 8.92. The molecule has 0 bridgehead atoms. The molecule has 1 rings (SSSR count). The lowest BCUT2D eigenvalue weighted by molar-refractivity contribution is 0.0514. The molecule has 0 unspecified atom stereocenters. The largest absolute Gasteiger partial charge is 0.478 e. The van der Waals surface area contributed by atoms with Gasteiger partial charge in [0.15, 0.2) is 0 Å². The van der Waals surface area contributed by atoms with Crippen LogP contribution in [0.3, 0.4) is 0 Å². The number of nitrogens with zero attached hydrogens (tertiary/aromatic N) is 1. The van der Waals surface area contributed by atoms with E-state index in [9.17, 15) is 9.59 Å². The molecular formula is C10H11NO4. The van der Waals surface area contributed by atoms with Crippen LogP contribution in [0.25, 0.3) is 0 Å². The Kier molecular flexibility index (Phi) is 3.38. The predicted octanol–water partition coefficient (Wildman–Crippen LogP) is 1.26. The van der Waals surface area contributed by atoms with Crippen molar-refractivity contribution in [2.75, 3.05) is 6.61 Å². The highest BCUT2D eigenvalue weighted by Crippen LogP contribution is 2.13. The van der Waals surface area contributed by atoms with Crippen LogP contribution in [0.15, 0.2) is 12.3 Å². The van der Waals surface area contributed by atoms with E-state index in [1.165, 1.54) is 19.2 Å². The van der Waals surface area contributed by atoms with Gasteiger partial charge in [-0.1, -0.05) is 0 Å². The van der Waals surface area contributed by atoms with Crippen molar-refractivity contribution in [2.45, 2.75) is 13.8 Å². The fourth-order valence-corrected chi connectivity index (χ4v) is 1.22. The number of hydrogen-bond donors (Lipinski definition) is 1. The van der Waals surface area contributed by atoms with E-state index >= 15 is 0 Å². The molecule has 1 aromatic heterocycles. The summed E-state index contributed by atoms with van der Waals surface area (Å²) in [6.07, 6.45) is 1.38. The maximum absolute atomic E-state index is 11.4. The zero-order valence-corrected chi connectivity index (χ0v) is 8.48. The van der Waals surface area contributed by atoms with Crippen LogP contribution >= 0.6 is 0 Å². The Bertz CT molecular complexity index is 400. The Hall–Kier alpha value is -1.91. The number of rotatable bonds is 3. The summed E-state index contributed by atoms with van der Waals surface area (Å²) in [4.78, 5) is 26.1. The molecule has 0 radical (unpaired) electrons. The van der Waals surface area contributed by atoms with Crippen LogP contribution in [-0.2, 0) is 4.74 Å². The van der Waals surface area contributed by atoms with Gasteiger partial charge >= 0.3 is 11.9 Å². The number of ether oxygens (including phenoxy) is 1. The maximum atomic E-state index is 11.4. The Morgan fingerprint density at radius 1 is 1.53 bits per heavy atom. The molecule has 0 aliphatic heterocycles. The summed E-state index contributed by atoms with van der Waals surface area (Å²) in [5.74, 6) is -1.82. The molecule has 0 aliphatic carbocycles. The van der Waals surface area contributed by atoms with Crippen LogP contribution in [0.1, 0.15) is 33.3 Å². The molecule has 0 aromatic carbocycles. The Labute approximate surface area is 86.7 Å². The summed E-state index contributed by atoms with van der Waals surface area (Å²) in [6.45, 7) is 3.40. The lowest BCUT2D eigenvalue weighted by atomic mass is 10.1. The average molecular weight is 209 g/mol. The van der Waals surface area contributed by atoms with Crippen LogP contribution < -0.4 is 0 Å². The van der Waals surface area contributed by atoms with Gasteiger partial charge in [0.2, 0.25) is 0 Å². The van der Waals surface area contributed by atoms with E-state index in [4.69, 9.17) is 9.84 Å². The number of aromatic nitrogens is 1. The number of esters is 1. The van der Waals surface area contributed by atoms with E-state index in [-0.39, 0.29) is 17.7 Å². The van der Waals surface area contributed by atoms with E-state index in [0.29, 0.717) is 5.69 Å². The minimum atomic E-state index is -1.18. The van der Waals surface area contributed by atoms with Gasteiger partial charge < -0.3 is 9.84 Å². The first-order chi connectivity index (χ1) is 7.07. The molecular weight excluding hydrogens is 198 g/mol. The third-order valence-corrected chi connectivity index (χ3v) is 1.85. The minimum absolute atomic E-state index is 0.0388. The fraction of sp³-hybridized carbons (Fsp3) is 0.300. The van der Waals surface area contributed by atoms with Crippen LogP contribution in [0.4, 0.5) is 0 Å². The highest BCUT2D eigenvalue weighted by atomic mass is 16.5. The van der Waals surface area contributed by atoms with Crippen molar-refractivity contribution in [3.63, 3.8) is 0 Å². The molecule has 0 aliphatic rings. The lowest BCUT2D eigenvalue weighted by Gasteiger charge is -2.06. The molecule has 5 heteroatoms. The molecule has 5 nitrogen and oxygen atoms in total. The van der Waals surface area contributed by atoms with Gasteiger partial charge in [-0.15, -0.1) is 0 Å². The molecule has 0 amide bonds. The second kappa shape index (κ2) is 4.54. The Morgan fingerprint density at radius 3 is 2.73 bits per heavy atom. The SMILES string of the molecule is CCOC(=O)c1ccnc(C)c1C(=O)O. The number of pyridine rings is 1. The maximum Gasteiger partial charge on any atom is 0.339 e. The number of carboxylic acid groups (broad SMARTS) is 1. The molecule has 0 fully saturated rings. The number of aryl methyl sites for hydroxylation is 1. The average Bonchev–Trinajstić information content (AvgIpc) is 2.17. The molecule has 0 spiro atoms. The van der Waals surface area contributed by atoms with Gasteiger partial charge in [0.05, 0.1) is 23.4 Å². The quantitative estimate of drug-likeness (QED) is 0.758. The number of carbonyl (C=O) groups is 2. The predicted molar refractivity (Wildman–Crippen MR) is 51.9 cm³/mol. The van der Waals surface area contributed by atoms with Crippen LogP contribution in [0.5, 0.6) is 0 Å². The molecule has 0 saturated carbocycles. The summed E-state index contributed by atoms with van der Waals surface area (Å²) in [7, 11) is 0. The van der Waals surface area contributed by atoms with Crippen LogP contribution in [-0.4, -0.2) is 28.6 Å². The molecule has 0 saturated heterocycles. The van der Waals surface area contributed by atoms with Crippen molar-refractivity contribution in [1.82, 2.24) is 4.98 Å². The van der Waals surface area contributed by atoms with E-state index in [2.05, 4.69) is 4.98 Å². The molecule has 80 valence electrons. The summed E-state index contributed by atoms with van der Waals surface area (Å²) >= 11 is 0. The zero-order chi connectivity index (χ0) is 11.4. The molecule has 15 heavy (non-hydrogen) atoms. The summed E-state index contributed by atoms with van der Waals surface area (Å²) in [6, 6.07) is 1.34. The second-order valence-electron chi connectivity index (χ2n) is 2.84. The zero-order valence-electron chi connectivity index (χ0n) is 8.48. The van der Waals surface area contributed by atoms with Gasteiger partial charge in [0.25, 0.3) is 0 Å². The lowest BCUT2D eigenvalue weighted by Crippen LogP contribution is -2.13. The van der Waals surface area contributed by atoms with Crippen molar-refractivity contribution in [2.24, 2.45) is 0 Å². The van der Waals surface area contributed by atoms with Gasteiger partial charge in [-0.3, -0.25) is 4.98 Å². The second-order valence-corrected chi connectivity index (χ2v) is 2.84. The fourth-order valence-electron chi connectivity index (χ4n) is 1.22. The molecule has 1 aromatic rings. The third-order valence-electron chi connectivity index (χ3n) is 1.85. The van der Waals surface area contributed by atoms with Gasteiger partial charge in [-0.2, -0.15) is 0 Å². The van der Waals surface area contributed by atoms with E-state index in [1.807, 2.05) is 0 Å². The van der Waals surface area contributed by atoms with Crippen LogP contribution in [0.2, 0.25) is 0 Å². The number of carboxylic acids is 1. The Morgan fingerprint density at radius 2 is 2.20 bits per heavy atom. The number of hydrogen-bond acceptors (Lipinski definition) is 4. The van der Waals surface area contributed by atoms with E-state index < -0.39 is 11.9 Å². The topological polar surface area (TPSA) is 76.5 Å². The van der Waals surface area contributed by atoms with Crippen molar-refractivity contribution < 1.29 is 19.4 Å². The normalized spacial score (nSPS) is 9.73. The number of aromatic carboxylic acids is 1.